The second kappa shape index (κ2) is 5.81. The average molecular weight is 229 g/mol. The highest BCUT2D eigenvalue weighted by Gasteiger charge is 2.30. The van der Waals surface area contributed by atoms with Gasteiger partial charge in [0.2, 0.25) is 11.8 Å². The summed E-state index contributed by atoms with van der Waals surface area (Å²) in [5, 5.41) is 2.80. The number of carbonyl (C=O) groups excluding carboxylic acids is 2. The second-order valence-corrected chi connectivity index (χ2v) is 4.19. The molecular weight excluding hydrogens is 210 g/mol. The van der Waals surface area contributed by atoms with Gasteiger partial charge in [0.1, 0.15) is 6.04 Å². The number of ether oxygens (including phenoxy) is 1. The van der Waals surface area contributed by atoms with Gasteiger partial charge in [0.25, 0.3) is 0 Å². The van der Waals surface area contributed by atoms with Gasteiger partial charge in [-0.1, -0.05) is 0 Å². The number of hydrogen-bond acceptors (Lipinski definition) is 4. The Bertz CT molecular complexity index is 268. The maximum absolute atomic E-state index is 11.8. The van der Waals surface area contributed by atoms with Crippen molar-refractivity contribution in [3.05, 3.63) is 0 Å². The zero-order valence-corrected chi connectivity index (χ0v) is 9.73. The number of morpholine rings is 1. The van der Waals surface area contributed by atoms with Crippen LogP contribution in [0.1, 0.15) is 13.8 Å². The van der Waals surface area contributed by atoms with Crippen molar-refractivity contribution in [2.24, 2.45) is 5.73 Å². The summed E-state index contributed by atoms with van der Waals surface area (Å²) in [5.74, 6) is -0.541. The Kier molecular flexibility index (Phi) is 4.70. The number of amides is 2. The Morgan fingerprint density at radius 3 is 2.81 bits per heavy atom. The summed E-state index contributed by atoms with van der Waals surface area (Å²) < 4.78 is 5.24. The normalized spacial score (nSPS) is 22.1. The molecule has 1 heterocycles. The van der Waals surface area contributed by atoms with Crippen molar-refractivity contribution in [3.8, 4) is 0 Å². The van der Waals surface area contributed by atoms with Crippen LogP contribution in [0.4, 0.5) is 0 Å². The van der Waals surface area contributed by atoms with Crippen LogP contribution in [0, 0.1) is 0 Å². The van der Waals surface area contributed by atoms with Crippen LogP contribution in [0.5, 0.6) is 0 Å². The van der Waals surface area contributed by atoms with Crippen LogP contribution >= 0.6 is 0 Å². The van der Waals surface area contributed by atoms with Crippen LogP contribution in [0.3, 0.4) is 0 Å². The Morgan fingerprint density at radius 1 is 1.56 bits per heavy atom. The Hall–Kier alpha value is -1.14. The van der Waals surface area contributed by atoms with Gasteiger partial charge in [-0.05, 0) is 13.8 Å². The molecule has 0 saturated carbocycles. The first-order chi connectivity index (χ1) is 7.50. The summed E-state index contributed by atoms with van der Waals surface area (Å²) in [6.45, 7) is 5.27. The zero-order chi connectivity index (χ0) is 12.1. The number of primary amides is 1. The smallest absolute Gasteiger partial charge is 0.239 e. The predicted octanol–water partition coefficient (Wildman–Crippen LogP) is -1.30. The zero-order valence-electron chi connectivity index (χ0n) is 9.73. The molecule has 0 bridgehead atoms. The fourth-order valence-electron chi connectivity index (χ4n) is 1.65. The van der Waals surface area contributed by atoms with Gasteiger partial charge in [0.15, 0.2) is 0 Å². The molecular formula is C10H19N3O3. The Labute approximate surface area is 95.1 Å². The van der Waals surface area contributed by atoms with E-state index in [-0.39, 0.29) is 18.5 Å². The largest absolute Gasteiger partial charge is 0.378 e. The van der Waals surface area contributed by atoms with Gasteiger partial charge >= 0.3 is 0 Å². The number of nitrogens with two attached hydrogens (primary N) is 1. The topological polar surface area (TPSA) is 84.7 Å². The summed E-state index contributed by atoms with van der Waals surface area (Å²) in [6.07, 6.45) is 0. The van der Waals surface area contributed by atoms with Crippen molar-refractivity contribution in [2.75, 3.05) is 26.3 Å². The second-order valence-electron chi connectivity index (χ2n) is 4.19. The van der Waals surface area contributed by atoms with Crippen molar-refractivity contribution in [3.63, 3.8) is 0 Å². The molecule has 1 atom stereocenters. The molecule has 0 aromatic heterocycles. The van der Waals surface area contributed by atoms with E-state index >= 15 is 0 Å². The van der Waals surface area contributed by atoms with Gasteiger partial charge in [-0.2, -0.15) is 0 Å². The molecule has 1 fully saturated rings. The minimum absolute atomic E-state index is 0.0739. The molecule has 3 N–H and O–H groups in total. The van der Waals surface area contributed by atoms with Crippen molar-refractivity contribution in [1.82, 2.24) is 10.2 Å². The van der Waals surface area contributed by atoms with Crippen LogP contribution in [0.25, 0.3) is 0 Å². The molecule has 16 heavy (non-hydrogen) atoms. The molecule has 0 aromatic rings. The number of hydrogen-bond donors (Lipinski definition) is 2. The first-order valence-electron chi connectivity index (χ1n) is 5.41. The van der Waals surface area contributed by atoms with Gasteiger partial charge < -0.3 is 15.8 Å². The van der Waals surface area contributed by atoms with E-state index in [4.69, 9.17) is 10.5 Å². The minimum Gasteiger partial charge on any atom is -0.378 e. The highest BCUT2D eigenvalue weighted by Crippen LogP contribution is 2.06. The third kappa shape index (κ3) is 3.79. The lowest BCUT2D eigenvalue weighted by Crippen LogP contribution is -2.56. The molecule has 2 amide bonds. The Morgan fingerprint density at radius 2 is 2.25 bits per heavy atom. The highest BCUT2D eigenvalue weighted by atomic mass is 16.5. The molecule has 1 aliphatic heterocycles. The third-order valence-electron chi connectivity index (χ3n) is 2.33. The van der Waals surface area contributed by atoms with Crippen LogP contribution in [0.15, 0.2) is 0 Å². The molecule has 0 spiro atoms. The van der Waals surface area contributed by atoms with E-state index in [0.29, 0.717) is 19.8 Å². The highest BCUT2D eigenvalue weighted by molar-refractivity contribution is 5.83. The molecule has 6 nitrogen and oxygen atoms in total. The van der Waals surface area contributed by atoms with E-state index in [1.54, 1.807) is 4.90 Å². The molecule has 0 aromatic carbocycles. The lowest BCUT2D eigenvalue weighted by atomic mass is 10.2. The fraction of sp³-hybridized carbons (Fsp3) is 0.800. The van der Waals surface area contributed by atoms with E-state index in [0.717, 1.165) is 0 Å². The van der Waals surface area contributed by atoms with Crippen molar-refractivity contribution >= 4 is 11.8 Å². The average Bonchev–Trinajstić information content (AvgIpc) is 2.16. The molecule has 0 radical (unpaired) electrons. The minimum atomic E-state index is -0.427. The van der Waals surface area contributed by atoms with Gasteiger partial charge in [-0.3, -0.25) is 14.5 Å². The SMILES string of the molecule is CC(C)NC(=O)C1COCCN1CC(N)=O. The lowest BCUT2D eigenvalue weighted by molar-refractivity contribution is -0.135. The maximum atomic E-state index is 11.8. The van der Waals surface area contributed by atoms with Gasteiger partial charge in [-0.15, -0.1) is 0 Å². The van der Waals surface area contributed by atoms with Gasteiger partial charge in [-0.25, -0.2) is 0 Å². The molecule has 1 aliphatic rings. The molecule has 0 aliphatic carbocycles. The van der Waals surface area contributed by atoms with E-state index in [9.17, 15) is 9.59 Å². The molecule has 1 rings (SSSR count). The summed E-state index contributed by atoms with van der Waals surface area (Å²) in [4.78, 5) is 24.4. The van der Waals surface area contributed by atoms with Crippen molar-refractivity contribution in [2.45, 2.75) is 25.9 Å². The first-order valence-corrected chi connectivity index (χ1v) is 5.41. The van der Waals surface area contributed by atoms with Crippen molar-refractivity contribution in [1.29, 1.82) is 0 Å². The number of nitrogens with zero attached hydrogens (tertiary/aromatic N) is 1. The molecule has 6 heteroatoms. The third-order valence-corrected chi connectivity index (χ3v) is 2.33. The summed E-state index contributed by atoms with van der Waals surface area (Å²) in [6, 6.07) is -0.339. The fourth-order valence-corrected chi connectivity index (χ4v) is 1.65. The summed E-state index contributed by atoms with van der Waals surface area (Å²) in [7, 11) is 0. The monoisotopic (exact) mass is 229 g/mol. The van der Waals surface area contributed by atoms with E-state index < -0.39 is 11.9 Å². The lowest BCUT2D eigenvalue weighted by Gasteiger charge is -2.33. The standard InChI is InChI=1S/C10H19N3O3/c1-7(2)12-10(15)8-6-16-4-3-13(8)5-9(11)14/h7-8H,3-6H2,1-2H3,(H2,11,14)(H,12,15). The van der Waals surface area contributed by atoms with E-state index in [1.165, 1.54) is 0 Å². The molecule has 1 unspecified atom stereocenters. The quantitative estimate of drug-likeness (QED) is 0.627. The molecule has 1 saturated heterocycles. The number of rotatable bonds is 4. The van der Waals surface area contributed by atoms with E-state index in [1.807, 2.05) is 13.8 Å². The van der Waals surface area contributed by atoms with Crippen LogP contribution in [0.2, 0.25) is 0 Å². The predicted molar refractivity (Wildman–Crippen MR) is 58.7 cm³/mol. The number of nitrogens with one attached hydrogen (secondary N) is 1. The first kappa shape index (κ1) is 12.9. The van der Waals surface area contributed by atoms with Crippen LogP contribution in [-0.4, -0.2) is 55.1 Å². The maximum Gasteiger partial charge on any atom is 0.239 e. The summed E-state index contributed by atoms with van der Waals surface area (Å²) >= 11 is 0. The number of carbonyl (C=O) groups is 2. The van der Waals surface area contributed by atoms with Gasteiger partial charge in [0.05, 0.1) is 19.8 Å². The van der Waals surface area contributed by atoms with Crippen LogP contribution in [-0.2, 0) is 14.3 Å². The van der Waals surface area contributed by atoms with Gasteiger partial charge in [0, 0.05) is 12.6 Å². The van der Waals surface area contributed by atoms with Crippen LogP contribution < -0.4 is 11.1 Å². The van der Waals surface area contributed by atoms with E-state index in [2.05, 4.69) is 5.32 Å². The molecule has 92 valence electrons. The Balaban J connectivity index is 2.58. The summed E-state index contributed by atoms with van der Waals surface area (Å²) in [5.41, 5.74) is 5.13. The van der Waals surface area contributed by atoms with Crippen molar-refractivity contribution < 1.29 is 14.3 Å².